The smallest absolute Gasteiger partial charge is 0.226 e. The molecule has 1 aliphatic carbocycles. The number of aromatic nitrogens is 4. The van der Waals surface area contributed by atoms with Crippen LogP contribution in [0.4, 0.5) is 5.82 Å². The lowest BCUT2D eigenvalue weighted by atomic mass is 10.1. The van der Waals surface area contributed by atoms with E-state index in [-0.39, 0.29) is 11.3 Å². The van der Waals surface area contributed by atoms with Gasteiger partial charge < -0.3 is 30.5 Å². The third-order valence-electron chi connectivity index (χ3n) is 4.99. The monoisotopic (exact) mass is 385 g/mol. The summed E-state index contributed by atoms with van der Waals surface area (Å²) in [6.45, 7) is -0.427. The maximum atomic E-state index is 10.2. The Hall–Kier alpha value is -1.56. The fraction of sp³-hybridized carbons (Fsp3) is 0.667. The first-order valence-corrected chi connectivity index (χ1v) is 8.84. The molecule has 2 aromatic rings. The van der Waals surface area contributed by atoms with E-state index >= 15 is 0 Å². The Morgan fingerprint density at radius 1 is 1.23 bits per heavy atom. The van der Waals surface area contributed by atoms with Gasteiger partial charge in [-0.1, -0.05) is 0 Å². The maximum absolute atomic E-state index is 10.2. The van der Waals surface area contributed by atoms with E-state index in [0.717, 1.165) is 19.3 Å². The van der Waals surface area contributed by atoms with E-state index in [4.69, 9.17) is 16.3 Å². The lowest BCUT2D eigenvalue weighted by Crippen LogP contribution is -2.33. The molecular weight excluding hydrogens is 366 g/mol. The summed E-state index contributed by atoms with van der Waals surface area (Å²) >= 11 is 6.04. The van der Waals surface area contributed by atoms with Gasteiger partial charge in [-0.3, -0.25) is 4.57 Å². The molecule has 2 aromatic heterocycles. The molecule has 0 amide bonds. The maximum Gasteiger partial charge on any atom is 0.226 e. The van der Waals surface area contributed by atoms with E-state index in [9.17, 15) is 20.4 Å². The number of hydrogen-bond donors (Lipinski definition) is 5. The summed E-state index contributed by atoms with van der Waals surface area (Å²) in [6, 6.07) is -0.150. The molecule has 1 saturated carbocycles. The van der Waals surface area contributed by atoms with Crippen LogP contribution >= 0.6 is 11.6 Å². The van der Waals surface area contributed by atoms with Crippen LogP contribution in [-0.2, 0) is 4.74 Å². The van der Waals surface area contributed by atoms with Gasteiger partial charge in [-0.15, -0.1) is 0 Å². The molecule has 4 rings (SSSR count). The zero-order chi connectivity index (χ0) is 18.4. The van der Waals surface area contributed by atoms with Gasteiger partial charge in [0.15, 0.2) is 23.2 Å². The number of nitrogens with zero attached hydrogens (tertiary/aromatic N) is 4. The molecule has 5 N–H and O–H groups in total. The molecule has 11 heteroatoms. The summed E-state index contributed by atoms with van der Waals surface area (Å²) in [4.78, 5) is 12.6. The zero-order valence-electron chi connectivity index (χ0n) is 13.7. The number of fused-ring (bicyclic) bond motifs is 1. The van der Waals surface area contributed by atoms with Crippen molar-refractivity contribution in [2.75, 3.05) is 11.9 Å². The van der Waals surface area contributed by atoms with E-state index in [1.165, 1.54) is 10.9 Å². The first-order valence-electron chi connectivity index (χ1n) is 8.46. The second-order valence-corrected chi connectivity index (χ2v) is 6.98. The fourth-order valence-corrected chi connectivity index (χ4v) is 3.74. The lowest BCUT2D eigenvalue weighted by molar-refractivity contribution is -0.0511. The van der Waals surface area contributed by atoms with Gasteiger partial charge >= 0.3 is 0 Å². The van der Waals surface area contributed by atoms with Crippen LogP contribution in [0.1, 0.15) is 25.5 Å². The number of rotatable bonds is 4. The van der Waals surface area contributed by atoms with Crippen molar-refractivity contribution in [3.63, 3.8) is 0 Å². The number of hydrogen-bond acceptors (Lipinski definition) is 9. The highest BCUT2D eigenvalue weighted by atomic mass is 35.5. The Bertz CT molecular complexity index is 804. The molecule has 1 aliphatic heterocycles. The summed E-state index contributed by atoms with van der Waals surface area (Å²) in [7, 11) is 0. The zero-order valence-corrected chi connectivity index (χ0v) is 14.5. The molecule has 142 valence electrons. The third kappa shape index (κ3) is 2.92. The Balaban J connectivity index is 1.70. The minimum Gasteiger partial charge on any atom is -0.394 e. The minimum atomic E-state index is -1.26. The largest absolute Gasteiger partial charge is 0.394 e. The highest BCUT2D eigenvalue weighted by Gasteiger charge is 2.44. The van der Waals surface area contributed by atoms with Crippen molar-refractivity contribution in [2.24, 2.45) is 0 Å². The van der Waals surface area contributed by atoms with Crippen molar-refractivity contribution in [3.05, 3.63) is 11.6 Å². The van der Waals surface area contributed by atoms with Crippen molar-refractivity contribution in [1.82, 2.24) is 19.5 Å². The molecule has 0 spiro atoms. The summed E-state index contributed by atoms with van der Waals surface area (Å²) in [5, 5.41) is 42.6. The normalized spacial score (nSPS) is 34.7. The van der Waals surface area contributed by atoms with Crippen LogP contribution in [0.25, 0.3) is 11.2 Å². The molecule has 0 aromatic carbocycles. The van der Waals surface area contributed by atoms with E-state index in [1.807, 2.05) is 0 Å². The van der Waals surface area contributed by atoms with Crippen molar-refractivity contribution < 1.29 is 25.2 Å². The van der Waals surface area contributed by atoms with Crippen LogP contribution < -0.4 is 5.32 Å². The van der Waals surface area contributed by atoms with E-state index in [1.54, 1.807) is 0 Å². The number of ether oxygens (including phenoxy) is 1. The van der Waals surface area contributed by atoms with Gasteiger partial charge in [-0.2, -0.15) is 9.97 Å². The second kappa shape index (κ2) is 6.87. The molecule has 3 heterocycles. The topological polar surface area (TPSA) is 146 Å². The summed E-state index contributed by atoms with van der Waals surface area (Å²) in [5.74, 6) is 0.386. The van der Waals surface area contributed by atoms with Crippen LogP contribution in [0.3, 0.4) is 0 Å². The number of aliphatic hydroxyl groups excluding tert-OH is 4. The first-order chi connectivity index (χ1) is 12.5. The Labute approximate surface area is 153 Å². The molecule has 0 radical (unpaired) electrons. The van der Waals surface area contributed by atoms with Gasteiger partial charge in [0.25, 0.3) is 0 Å². The van der Waals surface area contributed by atoms with Crippen LogP contribution in [-0.4, -0.2) is 77.0 Å². The van der Waals surface area contributed by atoms with Gasteiger partial charge in [0.1, 0.15) is 18.3 Å². The standard InChI is InChI=1S/C15H20ClN5O5/c16-15-19-12(18-6-2-1-3-7(6)23)9-13(20-15)21(5-17-9)14-11(25)10(24)8(4-22)26-14/h5-8,10-11,14,22-25H,1-4H2,(H,18,19,20)/t6-,7-,8+,10+,11+,14+/m0/s1. The minimum absolute atomic E-state index is 0.0269. The van der Waals surface area contributed by atoms with E-state index in [2.05, 4.69) is 20.3 Å². The van der Waals surface area contributed by atoms with Gasteiger partial charge in [-0.25, -0.2) is 4.98 Å². The highest BCUT2D eigenvalue weighted by Crippen LogP contribution is 2.33. The van der Waals surface area contributed by atoms with Gasteiger partial charge in [0.05, 0.1) is 25.1 Å². The van der Waals surface area contributed by atoms with Crippen molar-refractivity contribution in [1.29, 1.82) is 0 Å². The molecule has 0 bridgehead atoms. The molecule has 2 aliphatic rings. The molecule has 0 unspecified atom stereocenters. The second-order valence-electron chi connectivity index (χ2n) is 6.64. The number of aliphatic hydroxyl groups is 4. The summed E-state index contributed by atoms with van der Waals surface area (Å²) in [5.41, 5.74) is 0.723. The molecule has 26 heavy (non-hydrogen) atoms. The van der Waals surface area contributed by atoms with Gasteiger partial charge in [0, 0.05) is 0 Å². The molecule has 1 saturated heterocycles. The first kappa shape index (κ1) is 17.8. The van der Waals surface area contributed by atoms with Crippen molar-refractivity contribution in [2.45, 2.75) is 55.9 Å². The van der Waals surface area contributed by atoms with E-state index < -0.39 is 37.3 Å². The van der Waals surface area contributed by atoms with Crippen molar-refractivity contribution >= 4 is 28.6 Å². The lowest BCUT2D eigenvalue weighted by Gasteiger charge is -2.18. The predicted molar refractivity (Wildman–Crippen MR) is 90.6 cm³/mol. The number of imidazole rings is 1. The van der Waals surface area contributed by atoms with Crippen LogP contribution in [0.15, 0.2) is 6.33 Å². The SMILES string of the molecule is OC[C@H]1O[C@@H](n2cnc3c(N[C@H]4CCC[C@@H]4O)nc(Cl)nc32)[C@H](O)[C@@H]1O. The Morgan fingerprint density at radius 3 is 2.69 bits per heavy atom. The number of anilines is 1. The Kier molecular flexibility index (Phi) is 4.71. The summed E-state index contributed by atoms with van der Waals surface area (Å²) < 4.78 is 6.97. The highest BCUT2D eigenvalue weighted by molar-refractivity contribution is 6.28. The van der Waals surface area contributed by atoms with Gasteiger partial charge in [-0.05, 0) is 30.9 Å². The number of nitrogens with one attached hydrogen (secondary N) is 1. The average Bonchev–Trinajstić information content (AvgIpc) is 3.28. The molecular formula is C15H20ClN5O5. The molecule has 10 nitrogen and oxygen atoms in total. The van der Waals surface area contributed by atoms with Crippen LogP contribution in [0.5, 0.6) is 0 Å². The average molecular weight is 386 g/mol. The third-order valence-corrected chi connectivity index (χ3v) is 5.16. The molecule has 6 atom stereocenters. The fourth-order valence-electron chi connectivity index (χ4n) is 3.57. The van der Waals surface area contributed by atoms with Crippen LogP contribution in [0, 0.1) is 0 Å². The Morgan fingerprint density at radius 2 is 2.04 bits per heavy atom. The van der Waals surface area contributed by atoms with Gasteiger partial charge in [0.2, 0.25) is 5.28 Å². The summed E-state index contributed by atoms with van der Waals surface area (Å²) in [6.07, 6.45) is -0.988. The van der Waals surface area contributed by atoms with E-state index in [0.29, 0.717) is 17.0 Å². The van der Waals surface area contributed by atoms with Crippen LogP contribution in [0.2, 0.25) is 5.28 Å². The number of halogens is 1. The van der Waals surface area contributed by atoms with Crippen molar-refractivity contribution in [3.8, 4) is 0 Å². The quantitative estimate of drug-likeness (QED) is 0.436. The predicted octanol–water partition coefficient (Wildman–Crippen LogP) is -0.584. The molecule has 2 fully saturated rings.